The van der Waals surface area contributed by atoms with Gasteiger partial charge in [0, 0.05) is 57.4 Å². The van der Waals surface area contributed by atoms with Gasteiger partial charge in [0.2, 0.25) is 0 Å². The lowest BCUT2D eigenvalue weighted by molar-refractivity contribution is 0.0761. The van der Waals surface area contributed by atoms with Crippen LogP contribution in [0.3, 0.4) is 0 Å². The molecule has 0 bridgehead atoms. The zero-order valence-corrected chi connectivity index (χ0v) is 17.1. The van der Waals surface area contributed by atoms with Crippen LogP contribution in [0, 0.1) is 0 Å². The lowest BCUT2D eigenvalue weighted by atomic mass is 10.0. The molecule has 0 atom stereocenters. The number of nitrogens with two attached hydrogens (primary N) is 1. The zero-order valence-electron chi connectivity index (χ0n) is 17.1. The van der Waals surface area contributed by atoms with Gasteiger partial charge in [-0.05, 0) is 35.7 Å². The van der Waals surface area contributed by atoms with Crippen LogP contribution in [0.1, 0.15) is 15.9 Å². The monoisotopic (exact) mass is 388 g/mol. The first-order valence-electron chi connectivity index (χ1n) is 9.84. The molecule has 3 rings (SSSR count). The Kier molecular flexibility index (Phi) is 6.98. The molecule has 2 aromatic carbocycles. The highest BCUT2D eigenvalue weighted by molar-refractivity contribution is 5.95. The second-order valence-electron chi connectivity index (χ2n) is 7.22. The number of aromatic nitrogens is 1. The Bertz CT molecular complexity index is 923. The van der Waals surface area contributed by atoms with Crippen LogP contribution < -0.4 is 10.6 Å². The van der Waals surface area contributed by atoms with Crippen molar-refractivity contribution in [1.82, 2.24) is 9.88 Å². The molecule has 0 saturated heterocycles. The molecule has 5 heteroatoms. The van der Waals surface area contributed by atoms with E-state index < -0.39 is 0 Å². The number of nitrogens with zero attached hydrogens (tertiary/aromatic N) is 3. The molecule has 0 aliphatic carbocycles. The van der Waals surface area contributed by atoms with E-state index in [1.165, 1.54) is 5.56 Å². The predicted octanol–water partition coefficient (Wildman–Crippen LogP) is 3.46. The summed E-state index contributed by atoms with van der Waals surface area (Å²) in [5.41, 5.74) is 10.6. The summed E-state index contributed by atoms with van der Waals surface area (Å²) in [5, 5.41) is 0. The van der Waals surface area contributed by atoms with Crippen molar-refractivity contribution in [1.29, 1.82) is 0 Å². The fraction of sp³-hybridized carbons (Fsp3) is 0.250. The van der Waals surface area contributed by atoms with Gasteiger partial charge < -0.3 is 15.5 Å². The van der Waals surface area contributed by atoms with E-state index in [9.17, 15) is 4.79 Å². The van der Waals surface area contributed by atoms with Crippen LogP contribution in [0.25, 0.3) is 11.1 Å². The van der Waals surface area contributed by atoms with Crippen molar-refractivity contribution in [2.45, 2.75) is 6.42 Å². The third kappa shape index (κ3) is 5.42. The third-order valence-electron chi connectivity index (χ3n) is 4.90. The van der Waals surface area contributed by atoms with E-state index in [0.29, 0.717) is 25.2 Å². The smallest absolute Gasteiger partial charge is 0.255 e. The van der Waals surface area contributed by atoms with Gasteiger partial charge in [0.25, 0.3) is 5.91 Å². The number of carbonyl (C=O) groups excluding carboxylic acids is 1. The standard InChI is InChI=1S/C24H28N4O/c1-27(2)23-10-8-20(9-11-23)21-16-22(18-26-17-21)24(29)28(15-13-25)14-12-19-6-4-3-5-7-19/h3-11,16-18H,12-15,25H2,1-2H3. The van der Waals surface area contributed by atoms with E-state index in [-0.39, 0.29) is 5.91 Å². The van der Waals surface area contributed by atoms with Crippen molar-refractivity contribution in [3.05, 3.63) is 84.2 Å². The molecule has 0 unspecified atom stereocenters. The quantitative estimate of drug-likeness (QED) is 0.642. The lowest BCUT2D eigenvalue weighted by Gasteiger charge is -2.22. The van der Waals surface area contributed by atoms with E-state index in [1.807, 2.05) is 55.4 Å². The average Bonchev–Trinajstić information content (AvgIpc) is 2.77. The van der Waals surface area contributed by atoms with Gasteiger partial charge in [0.05, 0.1) is 5.56 Å². The maximum absolute atomic E-state index is 13.1. The summed E-state index contributed by atoms with van der Waals surface area (Å²) in [7, 11) is 4.02. The molecule has 3 aromatic rings. The van der Waals surface area contributed by atoms with Gasteiger partial charge in [-0.25, -0.2) is 0 Å². The van der Waals surface area contributed by atoms with Gasteiger partial charge in [-0.15, -0.1) is 0 Å². The molecule has 1 aromatic heterocycles. The highest BCUT2D eigenvalue weighted by atomic mass is 16.2. The molecule has 150 valence electrons. The summed E-state index contributed by atoms with van der Waals surface area (Å²) in [6.45, 7) is 1.58. The Balaban J connectivity index is 1.76. The molecular weight excluding hydrogens is 360 g/mol. The Labute approximate surface area is 172 Å². The van der Waals surface area contributed by atoms with Crippen LogP contribution in [0.2, 0.25) is 0 Å². The first-order valence-corrected chi connectivity index (χ1v) is 9.84. The minimum absolute atomic E-state index is 0.0364. The molecule has 1 heterocycles. The number of hydrogen-bond donors (Lipinski definition) is 1. The van der Waals surface area contributed by atoms with Crippen molar-refractivity contribution in [2.75, 3.05) is 38.6 Å². The molecule has 29 heavy (non-hydrogen) atoms. The topological polar surface area (TPSA) is 62.5 Å². The Morgan fingerprint density at radius 1 is 0.931 bits per heavy atom. The Morgan fingerprint density at radius 2 is 1.66 bits per heavy atom. The second kappa shape index (κ2) is 9.85. The first-order chi connectivity index (χ1) is 14.1. The molecule has 1 amide bonds. The normalized spacial score (nSPS) is 10.6. The summed E-state index contributed by atoms with van der Waals surface area (Å²) < 4.78 is 0. The molecule has 5 nitrogen and oxygen atoms in total. The maximum atomic E-state index is 13.1. The highest BCUT2D eigenvalue weighted by Crippen LogP contribution is 2.23. The van der Waals surface area contributed by atoms with E-state index in [0.717, 1.165) is 23.2 Å². The van der Waals surface area contributed by atoms with Crippen LogP contribution >= 0.6 is 0 Å². The van der Waals surface area contributed by atoms with Crippen molar-refractivity contribution in [3.8, 4) is 11.1 Å². The summed E-state index contributed by atoms with van der Waals surface area (Å²) in [4.78, 5) is 21.3. The van der Waals surface area contributed by atoms with Gasteiger partial charge in [0.15, 0.2) is 0 Å². The summed E-state index contributed by atoms with van der Waals surface area (Å²) in [5.74, 6) is -0.0364. The predicted molar refractivity (Wildman–Crippen MR) is 119 cm³/mol. The number of carbonyl (C=O) groups is 1. The van der Waals surface area contributed by atoms with Crippen molar-refractivity contribution in [2.24, 2.45) is 5.73 Å². The molecular formula is C24H28N4O. The lowest BCUT2D eigenvalue weighted by Crippen LogP contribution is -2.37. The maximum Gasteiger partial charge on any atom is 0.255 e. The van der Waals surface area contributed by atoms with E-state index in [4.69, 9.17) is 5.73 Å². The number of pyridine rings is 1. The summed E-state index contributed by atoms with van der Waals surface area (Å²) >= 11 is 0. The molecule has 0 saturated carbocycles. The summed E-state index contributed by atoms with van der Waals surface area (Å²) in [6.07, 6.45) is 4.22. The van der Waals surface area contributed by atoms with E-state index in [1.54, 1.807) is 12.4 Å². The van der Waals surface area contributed by atoms with Crippen LogP contribution in [-0.2, 0) is 6.42 Å². The van der Waals surface area contributed by atoms with Crippen molar-refractivity contribution < 1.29 is 4.79 Å². The van der Waals surface area contributed by atoms with Gasteiger partial charge >= 0.3 is 0 Å². The van der Waals surface area contributed by atoms with Crippen molar-refractivity contribution in [3.63, 3.8) is 0 Å². The molecule has 0 spiro atoms. The largest absolute Gasteiger partial charge is 0.378 e. The number of rotatable bonds is 8. The molecule has 0 aliphatic rings. The second-order valence-corrected chi connectivity index (χ2v) is 7.22. The fourth-order valence-electron chi connectivity index (χ4n) is 3.23. The van der Waals surface area contributed by atoms with Crippen LogP contribution in [0.4, 0.5) is 5.69 Å². The van der Waals surface area contributed by atoms with Gasteiger partial charge in [-0.3, -0.25) is 9.78 Å². The van der Waals surface area contributed by atoms with E-state index in [2.05, 4.69) is 34.1 Å². The van der Waals surface area contributed by atoms with Crippen LogP contribution in [0.5, 0.6) is 0 Å². The highest BCUT2D eigenvalue weighted by Gasteiger charge is 2.16. The van der Waals surface area contributed by atoms with Crippen molar-refractivity contribution >= 4 is 11.6 Å². The Hall–Kier alpha value is -3.18. The SMILES string of the molecule is CN(C)c1ccc(-c2cncc(C(=O)N(CCN)CCc3ccccc3)c2)cc1. The number of hydrogen-bond acceptors (Lipinski definition) is 4. The Morgan fingerprint density at radius 3 is 2.31 bits per heavy atom. The van der Waals surface area contributed by atoms with Crippen LogP contribution in [0.15, 0.2) is 73.1 Å². The molecule has 0 fully saturated rings. The minimum Gasteiger partial charge on any atom is -0.378 e. The number of benzene rings is 2. The van der Waals surface area contributed by atoms with Gasteiger partial charge in [-0.1, -0.05) is 42.5 Å². The first kappa shape index (κ1) is 20.6. The molecule has 0 radical (unpaired) electrons. The summed E-state index contributed by atoms with van der Waals surface area (Å²) in [6, 6.07) is 20.3. The fourth-order valence-corrected chi connectivity index (χ4v) is 3.23. The van der Waals surface area contributed by atoms with E-state index >= 15 is 0 Å². The van der Waals surface area contributed by atoms with Gasteiger partial charge in [-0.2, -0.15) is 0 Å². The number of anilines is 1. The number of amides is 1. The average molecular weight is 389 g/mol. The minimum atomic E-state index is -0.0364. The van der Waals surface area contributed by atoms with Crippen LogP contribution in [-0.4, -0.2) is 49.5 Å². The van der Waals surface area contributed by atoms with Gasteiger partial charge in [0.1, 0.15) is 0 Å². The molecule has 0 aliphatic heterocycles. The zero-order chi connectivity index (χ0) is 20.6. The third-order valence-corrected chi connectivity index (χ3v) is 4.90. The molecule has 2 N–H and O–H groups in total.